The summed E-state index contributed by atoms with van der Waals surface area (Å²) in [5, 5.41) is 25.7. The van der Waals surface area contributed by atoms with Gasteiger partial charge in [0.25, 0.3) is 0 Å². The van der Waals surface area contributed by atoms with Crippen LogP contribution < -0.4 is 10.7 Å². The van der Waals surface area contributed by atoms with Crippen molar-refractivity contribution in [2.75, 3.05) is 11.9 Å². The van der Waals surface area contributed by atoms with Crippen LogP contribution in [0.5, 0.6) is 11.5 Å². The van der Waals surface area contributed by atoms with Crippen molar-refractivity contribution in [2.45, 2.75) is 33.1 Å². The second kappa shape index (κ2) is 8.95. The van der Waals surface area contributed by atoms with E-state index in [-0.39, 0.29) is 34.4 Å². The number of hydrogen-bond donors (Lipinski definition) is 4. The van der Waals surface area contributed by atoms with Gasteiger partial charge in [-0.1, -0.05) is 0 Å². The lowest BCUT2D eigenvalue weighted by Gasteiger charge is -2.08. The molecule has 30 heavy (non-hydrogen) atoms. The van der Waals surface area contributed by atoms with Gasteiger partial charge in [-0.3, -0.25) is 9.59 Å². The van der Waals surface area contributed by atoms with E-state index in [2.05, 4.69) is 15.8 Å². The highest BCUT2D eigenvalue weighted by atomic mass is 32.1. The Hall–Kier alpha value is -3.40. The number of rotatable bonds is 5. The lowest BCUT2D eigenvalue weighted by molar-refractivity contribution is -0.136. The van der Waals surface area contributed by atoms with Crippen LogP contribution in [0.3, 0.4) is 0 Å². The molecule has 10 heteroatoms. The highest BCUT2D eigenvalue weighted by Gasteiger charge is 2.29. The number of ether oxygens (including phenoxy) is 1. The molecule has 1 aromatic carbocycles. The van der Waals surface area contributed by atoms with Crippen LogP contribution in [0.4, 0.5) is 5.00 Å². The lowest BCUT2D eigenvalue weighted by atomic mass is 10.1. The van der Waals surface area contributed by atoms with Crippen LogP contribution in [0.25, 0.3) is 0 Å². The van der Waals surface area contributed by atoms with Gasteiger partial charge in [0.1, 0.15) is 16.5 Å². The van der Waals surface area contributed by atoms with Crippen molar-refractivity contribution in [2.24, 2.45) is 5.10 Å². The predicted molar refractivity (Wildman–Crippen MR) is 111 cm³/mol. The molecule has 1 aliphatic carbocycles. The zero-order valence-electron chi connectivity index (χ0n) is 16.4. The molecule has 0 unspecified atom stereocenters. The molecule has 0 atom stereocenters. The van der Waals surface area contributed by atoms with Crippen molar-refractivity contribution < 1.29 is 29.3 Å². The zero-order valence-corrected chi connectivity index (χ0v) is 17.3. The second-order valence-electron chi connectivity index (χ2n) is 6.58. The molecule has 2 amide bonds. The monoisotopic (exact) mass is 431 g/mol. The van der Waals surface area contributed by atoms with Gasteiger partial charge < -0.3 is 20.3 Å². The fourth-order valence-electron chi connectivity index (χ4n) is 3.14. The Bertz CT molecular complexity index is 1040. The third kappa shape index (κ3) is 4.43. The summed E-state index contributed by atoms with van der Waals surface area (Å²) >= 11 is 1.27. The molecule has 4 N–H and O–H groups in total. The largest absolute Gasteiger partial charge is 0.508 e. The van der Waals surface area contributed by atoms with E-state index in [4.69, 9.17) is 4.74 Å². The van der Waals surface area contributed by atoms with Gasteiger partial charge in [-0.05, 0) is 50.8 Å². The highest BCUT2D eigenvalue weighted by molar-refractivity contribution is 7.17. The van der Waals surface area contributed by atoms with E-state index in [1.807, 2.05) is 0 Å². The molecule has 1 heterocycles. The number of fused-ring (bicyclic) bond motifs is 1. The second-order valence-corrected chi connectivity index (χ2v) is 7.68. The van der Waals surface area contributed by atoms with E-state index in [0.29, 0.717) is 5.56 Å². The fraction of sp³-hybridized carbons (Fsp3) is 0.300. The SMILES string of the molecule is CCOC(=O)c1c(NC(=O)C(=O)NN=C(C)c2ccc(O)cc2O)sc2c1CCC2. The third-order valence-electron chi connectivity index (χ3n) is 4.53. The number of phenolic OH excluding ortho intramolecular Hbond substituents is 2. The van der Waals surface area contributed by atoms with Gasteiger partial charge in [0.05, 0.1) is 17.9 Å². The number of nitrogens with one attached hydrogen (secondary N) is 2. The average molecular weight is 431 g/mol. The highest BCUT2D eigenvalue weighted by Crippen LogP contribution is 2.39. The van der Waals surface area contributed by atoms with Crippen LogP contribution in [-0.4, -0.2) is 40.3 Å². The summed E-state index contributed by atoms with van der Waals surface area (Å²) in [6.45, 7) is 3.42. The summed E-state index contributed by atoms with van der Waals surface area (Å²) < 4.78 is 5.09. The van der Waals surface area contributed by atoms with Crippen LogP contribution >= 0.6 is 11.3 Å². The maximum Gasteiger partial charge on any atom is 0.341 e. The van der Waals surface area contributed by atoms with E-state index >= 15 is 0 Å². The number of benzene rings is 1. The minimum Gasteiger partial charge on any atom is -0.508 e. The van der Waals surface area contributed by atoms with Crippen LogP contribution in [0.15, 0.2) is 23.3 Å². The number of thiophene rings is 1. The number of amides is 2. The molecular formula is C20H21N3O6S. The molecule has 0 fully saturated rings. The van der Waals surface area contributed by atoms with Crippen molar-refractivity contribution >= 4 is 39.8 Å². The van der Waals surface area contributed by atoms with Crippen molar-refractivity contribution in [3.8, 4) is 11.5 Å². The zero-order chi connectivity index (χ0) is 21.8. The maximum absolute atomic E-state index is 12.3. The number of carbonyl (C=O) groups excluding carboxylic acids is 3. The number of esters is 1. The Balaban J connectivity index is 1.72. The number of hydrogen-bond acceptors (Lipinski definition) is 8. The molecule has 0 saturated heterocycles. The Morgan fingerprint density at radius 1 is 1.20 bits per heavy atom. The van der Waals surface area contributed by atoms with E-state index in [1.54, 1.807) is 6.92 Å². The number of hydrazone groups is 1. The van der Waals surface area contributed by atoms with Crippen LogP contribution in [0.2, 0.25) is 0 Å². The minimum atomic E-state index is -1.03. The molecule has 2 aromatic rings. The average Bonchev–Trinajstić information content (AvgIpc) is 3.26. The van der Waals surface area contributed by atoms with E-state index in [1.165, 1.54) is 30.4 Å². The third-order valence-corrected chi connectivity index (χ3v) is 5.74. The number of aryl methyl sites for hydroxylation is 1. The lowest BCUT2D eigenvalue weighted by Crippen LogP contribution is -2.33. The van der Waals surface area contributed by atoms with Gasteiger partial charge in [0.15, 0.2) is 0 Å². The molecule has 1 aromatic heterocycles. The minimum absolute atomic E-state index is 0.118. The Morgan fingerprint density at radius 3 is 2.67 bits per heavy atom. The first kappa shape index (κ1) is 21.3. The molecule has 3 rings (SSSR count). The molecular weight excluding hydrogens is 410 g/mol. The smallest absolute Gasteiger partial charge is 0.341 e. The number of phenols is 2. The van der Waals surface area contributed by atoms with Crippen LogP contribution in [0.1, 0.15) is 46.6 Å². The quantitative estimate of drug-likeness (QED) is 0.248. The maximum atomic E-state index is 12.3. The van der Waals surface area contributed by atoms with Gasteiger partial charge in [-0.25, -0.2) is 10.2 Å². The van der Waals surface area contributed by atoms with Crippen LogP contribution in [0, 0.1) is 0 Å². The van der Waals surface area contributed by atoms with E-state index in [0.717, 1.165) is 35.8 Å². The Labute approximate surface area is 176 Å². The summed E-state index contributed by atoms with van der Waals surface area (Å²) in [5.41, 5.74) is 3.81. The first-order valence-corrected chi connectivity index (χ1v) is 10.1. The van der Waals surface area contributed by atoms with E-state index in [9.17, 15) is 24.6 Å². The number of anilines is 1. The molecule has 1 aliphatic rings. The number of aromatic hydroxyl groups is 2. The normalized spacial score (nSPS) is 12.9. The van der Waals surface area contributed by atoms with Crippen molar-refractivity contribution in [3.05, 3.63) is 39.8 Å². The topological polar surface area (TPSA) is 137 Å². The Kier molecular flexibility index (Phi) is 6.36. The fourth-order valence-corrected chi connectivity index (χ4v) is 4.42. The first-order chi connectivity index (χ1) is 14.3. The summed E-state index contributed by atoms with van der Waals surface area (Å²) in [6.07, 6.45) is 2.47. The molecule has 0 radical (unpaired) electrons. The van der Waals surface area contributed by atoms with Gasteiger partial charge >= 0.3 is 17.8 Å². The van der Waals surface area contributed by atoms with Crippen molar-refractivity contribution in [3.63, 3.8) is 0 Å². The Morgan fingerprint density at radius 2 is 1.97 bits per heavy atom. The molecule has 0 aliphatic heterocycles. The van der Waals surface area contributed by atoms with Gasteiger partial charge in [-0.15, -0.1) is 11.3 Å². The van der Waals surface area contributed by atoms with Crippen LogP contribution in [-0.2, 0) is 27.2 Å². The van der Waals surface area contributed by atoms with Crippen molar-refractivity contribution in [1.29, 1.82) is 0 Å². The molecule has 9 nitrogen and oxygen atoms in total. The van der Waals surface area contributed by atoms with E-state index < -0.39 is 17.8 Å². The summed E-state index contributed by atoms with van der Waals surface area (Å²) in [4.78, 5) is 37.8. The summed E-state index contributed by atoms with van der Waals surface area (Å²) in [5.74, 6) is -2.87. The standard InChI is InChI=1S/C20H21N3O6S/c1-3-29-20(28)16-13-5-4-6-15(13)30-19(16)21-17(26)18(27)23-22-10(2)12-8-7-11(24)9-14(12)25/h7-9,24-25H,3-6H2,1-2H3,(H,21,26)(H,23,27). The molecule has 0 spiro atoms. The molecule has 0 bridgehead atoms. The first-order valence-electron chi connectivity index (χ1n) is 9.31. The van der Waals surface area contributed by atoms with Gasteiger partial charge in [0, 0.05) is 16.5 Å². The number of carbonyl (C=O) groups is 3. The molecule has 158 valence electrons. The van der Waals surface area contributed by atoms with Gasteiger partial charge in [-0.2, -0.15) is 5.10 Å². The van der Waals surface area contributed by atoms with Crippen molar-refractivity contribution in [1.82, 2.24) is 5.43 Å². The van der Waals surface area contributed by atoms with Gasteiger partial charge in [0.2, 0.25) is 0 Å². The summed E-state index contributed by atoms with van der Waals surface area (Å²) in [6, 6.07) is 3.92. The molecule has 0 saturated carbocycles. The number of nitrogens with zero attached hydrogens (tertiary/aromatic N) is 1. The summed E-state index contributed by atoms with van der Waals surface area (Å²) in [7, 11) is 0. The predicted octanol–water partition coefficient (Wildman–Crippen LogP) is 2.30.